The van der Waals surface area contributed by atoms with Gasteiger partial charge in [-0.2, -0.15) is 18.4 Å². The molecular weight excluding hydrogens is 195 g/mol. The second-order valence-corrected chi connectivity index (χ2v) is 2.57. The minimum absolute atomic E-state index is 0.0639. The maximum Gasteiger partial charge on any atom is 0.435 e. The summed E-state index contributed by atoms with van der Waals surface area (Å²) in [7, 11) is 0. The molecule has 0 atom stereocenters. The summed E-state index contributed by atoms with van der Waals surface area (Å²) >= 11 is 0. The Hall–Kier alpha value is -1.77. The third-order valence-corrected chi connectivity index (χ3v) is 1.51. The molecule has 1 rings (SSSR count). The quantitative estimate of drug-likeness (QED) is 0.752. The number of alkyl halides is 3. The van der Waals surface area contributed by atoms with Gasteiger partial charge in [0.1, 0.15) is 0 Å². The van der Waals surface area contributed by atoms with E-state index < -0.39 is 17.6 Å². The van der Waals surface area contributed by atoms with E-state index in [0.717, 1.165) is 6.07 Å². The van der Waals surface area contributed by atoms with E-state index in [1.165, 1.54) is 6.07 Å². The SMILES string of the molecule is N#CCc1ccc(N)c(C(F)(F)F)n1. The molecule has 14 heavy (non-hydrogen) atoms. The topological polar surface area (TPSA) is 62.7 Å². The van der Waals surface area contributed by atoms with Gasteiger partial charge in [0, 0.05) is 0 Å². The van der Waals surface area contributed by atoms with Crippen LogP contribution in [0.15, 0.2) is 12.1 Å². The van der Waals surface area contributed by atoms with E-state index in [-0.39, 0.29) is 12.1 Å². The number of nitrogens with zero attached hydrogens (tertiary/aromatic N) is 2. The second-order valence-electron chi connectivity index (χ2n) is 2.57. The lowest BCUT2D eigenvalue weighted by molar-refractivity contribution is -0.140. The molecule has 1 aromatic rings. The molecule has 0 radical (unpaired) electrons. The zero-order valence-electron chi connectivity index (χ0n) is 6.97. The second kappa shape index (κ2) is 3.54. The minimum Gasteiger partial charge on any atom is -0.397 e. The van der Waals surface area contributed by atoms with Crippen molar-refractivity contribution in [2.45, 2.75) is 12.6 Å². The van der Waals surface area contributed by atoms with Gasteiger partial charge in [0.05, 0.1) is 23.9 Å². The average Bonchev–Trinajstić information content (AvgIpc) is 2.07. The standard InChI is InChI=1S/C8H6F3N3/c9-8(10,11)7-6(13)2-1-5(14-7)3-4-12/h1-2H,3,13H2. The molecule has 0 saturated carbocycles. The normalized spacial score (nSPS) is 11.0. The lowest BCUT2D eigenvalue weighted by atomic mass is 10.2. The summed E-state index contributed by atoms with van der Waals surface area (Å²) in [5.74, 6) is 0. The van der Waals surface area contributed by atoms with Crippen molar-refractivity contribution in [1.29, 1.82) is 5.26 Å². The van der Waals surface area contributed by atoms with Crippen molar-refractivity contribution in [2.24, 2.45) is 0 Å². The van der Waals surface area contributed by atoms with Crippen LogP contribution in [0.1, 0.15) is 11.4 Å². The fraction of sp³-hybridized carbons (Fsp3) is 0.250. The first kappa shape index (κ1) is 10.3. The largest absolute Gasteiger partial charge is 0.435 e. The average molecular weight is 201 g/mol. The lowest BCUT2D eigenvalue weighted by Crippen LogP contribution is -2.12. The molecule has 0 aliphatic rings. The van der Waals surface area contributed by atoms with Crippen molar-refractivity contribution in [3.63, 3.8) is 0 Å². The number of nitriles is 1. The van der Waals surface area contributed by atoms with E-state index in [0.29, 0.717) is 0 Å². The van der Waals surface area contributed by atoms with E-state index in [1.807, 2.05) is 0 Å². The summed E-state index contributed by atoms with van der Waals surface area (Å²) in [6.45, 7) is 0. The lowest BCUT2D eigenvalue weighted by Gasteiger charge is -2.09. The molecule has 0 saturated heterocycles. The van der Waals surface area contributed by atoms with E-state index >= 15 is 0 Å². The maximum absolute atomic E-state index is 12.2. The number of halogens is 3. The summed E-state index contributed by atoms with van der Waals surface area (Å²) in [6, 6.07) is 4.11. The number of anilines is 1. The van der Waals surface area contributed by atoms with Crippen LogP contribution in [0.4, 0.5) is 18.9 Å². The van der Waals surface area contributed by atoms with Crippen LogP contribution in [-0.4, -0.2) is 4.98 Å². The van der Waals surface area contributed by atoms with E-state index in [4.69, 9.17) is 11.0 Å². The Kier molecular flexibility index (Phi) is 2.60. The van der Waals surface area contributed by atoms with Crippen LogP contribution < -0.4 is 5.73 Å². The van der Waals surface area contributed by atoms with Crippen LogP contribution >= 0.6 is 0 Å². The summed E-state index contributed by atoms with van der Waals surface area (Å²) in [5.41, 5.74) is 3.60. The van der Waals surface area contributed by atoms with Gasteiger partial charge >= 0.3 is 6.18 Å². The van der Waals surface area contributed by atoms with Gasteiger partial charge in [-0.25, -0.2) is 4.98 Å². The Morgan fingerprint density at radius 2 is 2.07 bits per heavy atom. The zero-order chi connectivity index (χ0) is 10.8. The van der Waals surface area contributed by atoms with E-state index in [2.05, 4.69) is 4.98 Å². The summed E-state index contributed by atoms with van der Waals surface area (Å²) in [6.07, 6.45) is -4.74. The van der Waals surface area contributed by atoms with Crippen LogP contribution in [-0.2, 0) is 12.6 Å². The van der Waals surface area contributed by atoms with Crippen molar-refractivity contribution in [2.75, 3.05) is 5.73 Å². The third kappa shape index (κ3) is 2.13. The number of pyridine rings is 1. The highest BCUT2D eigenvalue weighted by Gasteiger charge is 2.35. The van der Waals surface area contributed by atoms with Gasteiger partial charge in [0.2, 0.25) is 0 Å². The van der Waals surface area contributed by atoms with Gasteiger partial charge < -0.3 is 5.73 Å². The molecule has 74 valence electrons. The zero-order valence-corrected chi connectivity index (χ0v) is 6.97. The molecule has 0 unspecified atom stereocenters. The minimum atomic E-state index is -4.57. The van der Waals surface area contributed by atoms with Crippen LogP contribution in [0.3, 0.4) is 0 Å². The number of aromatic nitrogens is 1. The Labute approximate surface area is 78.0 Å². The molecule has 0 aliphatic heterocycles. The predicted octanol–water partition coefficient (Wildman–Crippen LogP) is 1.75. The summed E-state index contributed by atoms with van der Waals surface area (Å²) < 4.78 is 36.7. The van der Waals surface area contributed by atoms with Crippen molar-refractivity contribution in [3.8, 4) is 6.07 Å². The Morgan fingerprint density at radius 1 is 1.43 bits per heavy atom. The highest BCUT2D eigenvalue weighted by atomic mass is 19.4. The van der Waals surface area contributed by atoms with Crippen molar-refractivity contribution in [3.05, 3.63) is 23.5 Å². The molecular formula is C8H6F3N3. The molecule has 0 amide bonds. The van der Waals surface area contributed by atoms with Crippen LogP contribution in [0.5, 0.6) is 0 Å². The first-order valence-corrected chi connectivity index (χ1v) is 3.64. The Bertz CT molecular complexity index is 378. The van der Waals surface area contributed by atoms with Gasteiger partial charge in [-0.1, -0.05) is 0 Å². The van der Waals surface area contributed by atoms with Gasteiger partial charge in [0.25, 0.3) is 0 Å². The molecule has 0 aromatic carbocycles. The number of hydrogen-bond donors (Lipinski definition) is 1. The number of nitrogens with two attached hydrogens (primary N) is 1. The van der Waals surface area contributed by atoms with Crippen LogP contribution in [0.25, 0.3) is 0 Å². The molecule has 0 spiro atoms. The number of rotatable bonds is 1. The molecule has 2 N–H and O–H groups in total. The van der Waals surface area contributed by atoms with Gasteiger partial charge in [-0.05, 0) is 12.1 Å². The Morgan fingerprint density at radius 3 is 2.57 bits per heavy atom. The van der Waals surface area contributed by atoms with Gasteiger partial charge in [0.15, 0.2) is 5.69 Å². The highest BCUT2D eigenvalue weighted by Crippen LogP contribution is 2.31. The number of hydrogen-bond acceptors (Lipinski definition) is 3. The van der Waals surface area contributed by atoms with E-state index in [1.54, 1.807) is 6.07 Å². The first-order chi connectivity index (χ1) is 6.45. The monoisotopic (exact) mass is 201 g/mol. The maximum atomic E-state index is 12.2. The summed E-state index contributed by atoms with van der Waals surface area (Å²) in [4.78, 5) is 3.26. The molecule has 0 aliphatic carbocycles. The van der Waals surface area contributed by atoms with Crippen LogP contribution in [0, 0.1) is 11.3 Å². The van der Waals surface area contributed by atoms with Crippen molar-refractivity contribution >= 4 is 5.69 Å². The molecule has 1 heterocycles. The highest BCUT2D eigenvalue weighted by molar-refractivity contribution is 5.45. The van der Waals surface area contributed by atoms with Gasteiger partial charge in [-0.3, -0.25) is 0 Å². The summed E-state index contributed by atoms with van der Waals surface area (Å²) in [5, 5.41) is 8.28. The smallest absolute Gasteiger partial charge is 0.397 e. The fourth-order valence-corrected chi connectivity index (χ4v) is 0.917. The predicted molar refractivity (Wildman–Crippen MR) is 43.0 cm³/mol. The van der Waals surface area contributed by atoms with Gasteiger partial charge in [-0.15, -0.1) is 0 Å². The first-order valence-electron chi connectivity index (χ1n) is 3.64. The number of nitrogen functional groups attached to an aromatic ring is 1. The molecule has 0 fully saturated rings. The van der Waals surface area contributed by atoms with E-state index in [9.17, 15) is 13.2 Å². The van der Waals surface area contributed by atoms with Crippen molar-refractivity contribution in [1.82, 2.24) is 4.98 Å². The molecule has 6 heteroatoms. The molecule has 0 bridgehead atoms. The van der Waals surface area contributed by atoms with Crippen LogP contribution in [0.2, 0.25) is 0 Å². The third-order valence-electron chi connectivity index (χ3n) is 1.51. The fourth-order valence-electron chi connectivity index (χ4n) is 0.917. The van der Waals surface area contributed by atoms with Crippen molar-refractivity contribution < 1.29 is 13.2 Å². The molecule has 3 nitrogen and oxygen atoms in total. The Balaban J connectivity index is 3.17. The molecule has 1 aromatic heterocycles.